The number of rotatable bonds is 4. The highest BCUT2D eigenvalue weighted by Gasteiger charge is 2.23. The van der Waals surface area contributed by atoms with Gasteiger partial charge < -0.3 is 10.0 Å². The molecule has 1 atom stereocenters. The fraction of sp³-hybridized carbons (Fsp3) is 0.263. The van der Waals surface area contributed by atoms with Crippen molar-refractivity contribution in [3.63, 3.8) is 0 Å². The molecule has 0 unspecified atom stereocenters. The van der Waals surface area contributed by atoms with E-state index in [1.165, 1.54) is 12.4 Å². The van der Waals surface area contributed by atoms with Crippen LogP contribution in [-0.2, 0) is 6.54 Å². The molecule has 0 saturated heterocycles. The average molecular weight is 384 g/mol. The smallest absolute Gasteiger partial charge is 0.255 e. The topological polar surface area (TPSA) is 84.1 Å². The maximum atomic E-state index is 12.6. The van der Waals surface area contributed by atoms with Crippen molar-refractivity contribution in [1.29, 1.82) is 0 Å². The van der Waals surface area contributed by atoms with Gasteiger partial charge in [-0.2, -0.15) is 0 Å². The number of fused-ring (bicyclic) bond motifs is 1. The second kappa shape index (κ2) is 7.46. The summed E-state index contributed by atoms with van der Waals surface area (Å²) in [5.74, 6) is 0.545. The zero-order chi connectivity index (χ0) is 18.8. The molecule has 1 aliphatic rings. The summed E-state index contributed by atoms with van der Waals surface area (Å²) in [5.41, 5.74) is 1.69. The van der Waals surface area contributed by atoms with Gasteiger partial charge in [-0.15, -0.1) is 0 Å². The Bertz CT molecular complexity index is 1010. The Labute approximate surface area is 160 Å². The molecule has 1 aliphatic heterocycles. The summed E-state index contributed by atoms with van der Waals surface area (Å²) in [6.45, 7) is 1.63. The van der Waals surface area contributed by atoms with Gasteiger partial charge in [-0.05, 0) is 30.2 Å². The lowest BCUT2D eigenvalue weighted by molar-refractivity contribution is 0.181. The number of benzene rings is 1. The Kier molecular flexibility index (Phi) is 4.87. The van der Waals surface area contributed by atoms with E-state index in [1.54, 1.807) is 35.0 Å². The fourth-order valence-corrected chi connectivity index (χ4v) is 3.44. The van der Waals surface area contributed by atoms with Gasteiger partial charge in [0.25, 0.3) is 5.56 Å². The Morgan fingerprint density at radius 3 is 2.85 bits per heavy atom. The van der Waals surface area contributed by atoms with Crippen molar-refractivity contribution >= 4 is 17.5 Å². The van der Waals surface area contributed by atoms with Gasteiger partial charge in [0.1, 0.15) is 6.33 Å². The third-order valence-electron chi connectivity index (χ3n) is 4.55. The van der Waals surface area contributed by atoms with Crippen molar-refractivity contribution in [2.75, 3.05) is 18.0 Å². The second-order valence-electron chi connectivity index (χ2n) is 6.40. The first-order chi connectivity index (χ1) is 13.1. The van der Waals surface area contributed by atoms with Crippen LogP contribution < -0.4 is 10.5 Å². The molecule has 0 saturated carbocycles. The highest BCUT2D eigenvalue weighted by atomic mass is 35.5. The maximum absolute atomic E-state index is 12.6. The lowest BCUT2D eigenvalue weighted by Gasteiger charge is -2.32. The monoisotopic (exact) mass is 383 g/mol. The number of aromatic nitrogens is 4. The Balaban J connectivity index is 1.68. The number of anilines is 1. The third kappa shape index (κ3) is 3.70. The van der Waals surface area contributed by atoms with Gasteiger partial charge in [0.2, 0.25) is 5.95 Å². The summed E-state index contributed by atoms with van der Waals surface area (Å²) in [7, 11) is 0. The summed E-state index contributed by atoms with van der Waals surface area (Å²) < 4.78 is 1.64. The minimum absolute atomic E-state index is 0.129. The van der Waals surface area contributed by atoms with E-state index in [4.69, 9.17) is 11.6 Å². The molecule has 2 aromatic heterocycles. The molecule has 0 aliphatic carbocycles. The van der Waals surface area contributed by atoms with Crippen LogP contribution in [0.25, 0.3) is 11.4 Å². The van der Waals surface area contributed by atoms with Crippen LogP contribution in [0.5, 0.6) is 0 Å². The zero-order valence-corrected chi connectivity index (χ0v) is 15.3. The van der Waals surface area contributed by atoms with E-state index in [0.29, 0.717) is 42.0 Å². The van der Waals surface area contributed by atoms with Crippen LogP contribution >= 0.6 is 11.6 Å². The minimum Gasteiger partial charge on any atom is -0.387 e. The van der Waals surface area contributed by atoms with E-state index in [-0.39, 0.29) is 5.56 Å². The van der Waals surface area contributed by atoms with Gasteiger partial charge in [0, 0.05) is 30.4 Å². The predicted molar refractivity (Wildman–Crippen MR) is 103 cm³/mol. The van der Waals surface area contributed by atoms with Crippen LogP contribution in [0.3, 0.4) is 0 Å². The molecule has 0 fully saturated rings. The van der Waals surface area contributed by atoms with Crippen molar-refractivity contribution in [3.05, 3.63) is 69.9 Å². The quantitative estimate of drug-likeness (QED) is 0.744. The molecule has 0 spiro atoms. The van der Waals surface area contributed by atoms with Gasteiger partial charge in [0.15, 0.2) is 0 Å². The van der Waals surface area contributed by atoms with Gasteiger partial charge in [-0.25, -0.2) is 15.0 Å². The Hall–Kier alpha value is -2.77. The predicted octanol–water partition coefficient (Wildman–Crippen LogP) is 2.30. The normalized spacial score (nSPS) is 14.7. The molecule has 7 nitrogen and oxygen atoms in total. The van der Waals surface area contributed by atoms with E-state index in [0.717, 1.165) is 12.0 Å². The van der Waals surface area contributed by atoms with E-state index >= 15 is 0 Å². The van der Waals surface area contributed by atoms with Gasteiger partial charge in [-0.3, -0.25) is 9.36 Å². The summed E-state index contributed by atoms with van der Waals surface area (Å²) in [6, 6.07) is 10.4. The SMILES string of the molecule is O=c1cc(-c2ccncn2)nc2n1CCCN2C[C@H](O)c1cccc(Cl)c1. The van der Waals surface area contributed by atoms with E-state index in [1.807, 2.05) is 11.0 Å². The highest BCUT2D eigenvalue weighted by molar-refractivity contribution is 6.30. The van der Waals surface area contributed by atoms with Crippen LogP contribution in [0.15, 0.2) is 53.7 Å². The molecular formula is C19H18ClN5O2. The molecule has 3 aromatic rings. The largest absolute Gasteiger partial charge is 0.387 e. The lowest BCUT2D eigenvalue weighted by atomic mass is 10.1. The number of aliphatic hydroxyl groups excluding tert-OH is 1. The molecule has 0 bridgehead atoms. The number of aliphatic hydroxyl groups is 1. The molecule has 138 valence electrons. The summed E-state index contributed by atoms with van der Waals surface area (Å²) >= 11 is 6.03. The Morgan fingerprint density at radius 1 is 1.19 bits per heavy atom. The molecule has 1 aromatic carbocycles. The van der Waals surface area contributed by atoms with Crippen LogP contribution in [0.4, 0.5) is 5.95 Å². The fourth-order valence-electron chi connectivity index (χ4n) is 3.24. The first-order valence-electron chi connectivity index (χ1n) is 8.68. The lowest BCUT2D eigenvalue weighted by Crippen LogP contribution is -2.40. The van der Waals surface area contributed by atoms with Crippen molar-refractivity contribution in [1.82, 2.24) is 19.5 Å². The number of hydrogen-bond acceptors (Lipinski definition) is 6. The van der Waals surface area contributed by atoms with Crippen molar-refractivity contribution in [3.8, 4) is 11.4 Å². The first-order valence-corrected chi connectivity index (χ1v) is 9.06. The molecule has 0 radical (unpaired) electrons. The van der Waals surface area contributed by atoms with Gasteiger partial charge in [-0.1, -0.05) is 23.7 Å². The molecule has 8 heteroatoms. The van der Waals surface area contributed by atoms with Crippen LogP contribution in [0, 0.1) is 0 Å². The van der Waals surface area contributed by atoms with Gasteiger partial charge >= 0.3 is 0 Å². The molecular weight excluding hydrogens is 366 g/mol. The Morgan fingerprint density at radius 2 is 2.07 bits per heavy atom. The van der Waals surface area contributed by atoms with Crippen molar-refractivity contribution in [2.45, 2.75) is 19.1 Å². The number of hydrogen-bond donors (Lipinski definition) is 1. The van der Waals surface area contributed by atoms with Crippen LogP contribution in [0.2, 0.25) is 5.02 Å². The van der Waals surface area contributed by atoms with Crippen LogP contribution in [-0.4, -0.2) is 37.7 Å². The van der Waals surface area contributed by atoms with E-state index < -0.39 is 6.10 Å². The number of halogens is 1. The summed E-state index contributed by atoms with van der Waals surface area (Å²) in [6.07, 6.45) is 3.11. The minimum atomic E-state index is -0.741. The standard InChI is InChI=1S/C19H18ClN5O2/c20-14-4-1-3-13(9-14)17(26)11-24-7-2-8-25-18(27)10-16(23-19(24)25)15-5-6-21-12-22-15/h1,3-6,9-10,12,17,26H,2,7-8,11H2/t17-/m0/s1. The molecule has 0 amide bonds. The first kappa shape index (κ1) is 17.6. The molecule has 27 heavy (non-hydrogen) atoms. The average Bonchev–Trinajstić information content (AvgIpc) is 2.69. The maximum Gasteiger partial charge on any atom is 0.255 e. The number of β-amino-alcohol motifs (C(OH)–C–C–N with tert-alkyl or cyclic N) is 1. The molecule has 3 heterocycles. The van der Waals surface area contributed by atoms with Crippen LogP contribution in [0.1, 0.15) is 18.1 Å². The van der Waals surface area contributed by atoms with Crippen molar-refractivity contribution in [2.24, 2.45) is 0 Å². The zero-order valence-electron chi connectivity index (χ0n) is 14.5. The third-order valence-corrected chi connectivity index (χ3v) is 4.79. The second-order valence-corrected chi connectivity index (χ2v) is 6.83. The summed E-state index contributed by atoms with van der Waals surface area (Å²) in [5, 5.41) is 11.2. The summed E-state index contributed by atoms with van der Waals surface area (Å²) in [4.78, 5) is 27.2. The van der Waals surface area contributed by atoms with E-state index in [9.17, 15) is 9.90 Å². The molecule has 1 N–H and O–H groups in total. The number of nitrogens with zero attached hydrogens (tertiary/aromatic N) is 5. The highest BCUT2D eigenvalue weighted by Crippen LogP contribution is 2.24. The van der Waals surface area contributed by atoms with E-state index in [2.05, 4.69) is 15.0 Å². The van der Waals surface area contributed by atoms with Crippen molar-refractivity contribution < 1.29 is 5.11 Å². The molecule has 4 rings (SSSR count). The van der Waals surface area contributed by atoms with Gasteiger partial charge in [0.05, 0.1) is 24.0 Å².